The van der Waals surface area contributed by atoms with Gasteiger partial charge in [0.15, 0.2) is 6.61 Å². The van der Waals surface area contributed by atoms with Crippen molar-refractivity contribution in [2.24, 2.45) is 23.7 Å². The van der Waals surface area contributed by atoms with Gasteiger partial charge in [-0.3, -0.25) is 19.3 Å². The van der Waals surface area contributed by atoms with E-state index in [-0.39, 0.29) is 41.0 Å². The van der Waals surface area contributed by atoms with Gasteiger partial charge in [-0.2, -0.15) is 0 Å². The molecule has 1 aliphatic heterocycles. The lowest BCUT2D eigenvalue weighted by atomic mass is 9.81. The molecule has 0 aromatic heterocycles. The Balaban J connectivity index is 1.24. The van der Waals surface area contributed by atoms with Crippen LogP contribution in [0.2, 0.25) is 5.02 Å². The Kier molecular flexibility index (Phi) is 5.74. The second-order valence-electron chi connectivity index (χ2n) is 8.70. The van der Waals surface area contributed by atoms with Crippen LogP contribution in [0.4, 0.5) is 11.4 Å². The topological polar surface area (TPSA) is 92.8 Å². The number of imide groups is 1. The molecule has 2 bridgehead atoms. The second-order valence-corrected chi connectivity index (χ2v) is 9.96. The number of nitrogens with one attached hydrogen (secondary N) is 1. The molecule has 2 saturated carbocycles. The molecule has 2 aliphatic carbocycles. The summed E-state index contributed by atoms with van der Waals surface area (Å²) >= 11 is 9.28. The number of esters is 1. The molecular weight excluding hydrogens is 512 g/mol. The zero-order chi connectivity index (χ0) is 23.3. The highest BCUT2D eigenvalue weighted by molar-refractivity contribution is 9.10. The summed E-state index contributed by atoms with van der Waals surface area (Å²) in [5, 5.41) is 3.04. The highest BCUT2D eigenvalue weighted by atomic mass is 79.9. The van der Waals surface area contributed by atoms with Crippen molar-refractivity contribution in [3.63, 3.8) is 0 Å². The van der Waals surface area contributed by atoms with Gasteiger partial charge < -0.3 is 10.1 Å². The number of rotatable bonds is 5. The minimum absolute atomic E-state index is 0.160. The average molecular weight is 532 g/mol. The normalized spacial score (nSPS) is 25.3. The molecular formula is C24H20BrClN2O5. The first-order valence-corrected chi connectivity index (χ1v) is 11.9. The summed E-state index contributed by atoms with van der Waals surface area (Å²) in [5.74, 6) is -1.48. The summed E-state index contributed by atoms with van der Waals surface area (Å²) in [6.07, 6.45) is 2.96. The molecule has 2 aromatic carbocycles. The third-order valence-electron chi connectivity index (χ3n) is 6.81. The molecule has 2 aromatic rings. The maximum absolute atomic E-state index is 13.0. The molecule has 0 radical (unpaired) electrons. The monoisotopic (exact) mass is 530 g/mol. The maximum atomic E-state index is 13.0. The molecule has 3 amide bonds. The predicted octanol–water partition coefficient (Wildman–Crippen LogP) is 4.43. The molecule has 7 nitrogen and oxygen atoms in total. The first-order chi connectivity index (χ1) is 15.8. The Morgan fingerprint density at radius 3 is 2.42 bits per heavy atom. The van der Waals surface area contributed by atoms with Crippen LogP contribution in [-0.4, -0.2) is 30.3 Å². The molecule has 3 aliphatic rings. The van der Waals surface area contributed by atoms with Crippen LogP contribution < -0.4 is 10.2 Å². The summed E-state index contributed by atoms with van der Waals surface area (Å²) in [4.78, 5) is 51.9. The highest BCUT2D eigenvalue weighted by Gasteiger charge is 2.61. The number of carbonyl (C=O) groups excluding carboxylic acids is 4. The Labute approximate surface area is 203 Å². The van der Waals surface area contributed by atoms with Crippen molar-refractivity contribution < 1.29 is 23.9 Å². The number of benzene rings is 2. The van der Waals surface area contributed by atoms with Gasteiger partial charge in [-0.15, -0.1) is 0 Å². The number of fused-ring (bicyclic) bond motifs is 5. The van der Waals surface area contributed by atoms with Crippen LogP contribution in [0.1, 0.15) is 29.6 Å². The minimum Gasteiger partial charge on any atom is -0.452 e. The smallest absolute Gasteiger partial charge is 0.338 e. The molecule has 1 saturated heterocycles. The van der Waals surface area contributed by atoms with E-state index in [2.05, 4.69) is 21.2 Å². The van der Waals surface area contributed by atoms with Crippen LogP contribution in [0.3, 0.4) is 0 Å². The SMILES string of the molecule is O=C(COC(=O)c1cccc(N2C(=O)[C@@H]3[C@H]4CC[C@@H](C4)[C@@H]3C2=O)c1)Nc1ccc(Br)c(Cl)c1. The van der Waals surface area contributed by atoms with Gasteiger partial charge in [0.2, 0.25) is 11.8 Å². The molecule has 9 heteroatoms. The molecule has 4 atom stereocenters. The van der Waals surface area contributed by atoms with Crippen LogP contribution in [0, 0.1) is 23.7 Å². The lowest BCUT2D eigenvalue weighted by Gasteiger charge is -2.19. The third kappa shape index (κ3) is 3.95. The second kappa shape index (κ2) is 8.57. The van der Waals surface area contributed by atoms with E-state index < -0.39 is 18.5 Å². The quantitative estimate of drug-likeness (QED) is 0.455. The first-order valence-electron chi connectivity index (χ1n) is 10.7. The third-order valence-corrected chi connectivity index (χ3v) is 8.04. The van der Waals surface area contributed by atoms with E-state index in [9.17, 15) is 19.2 Å². The van der Waals surface area contributed by atoms with Gasteiger partial charge in [0, 0.05) is 10.2 Å². The molecule has 0 unspecified atom stereocenters. The largest absolute Gasteiger partial charge is 0.452 e. The summed E-state index contributed by atoms with van der Waals surface area (Å²) in [5.41, 5.74) is 0.992. The van der Waals surface area contributed by atoms with Gasteiger partial charge in [0.25, 0.3) is 5.91 Å². The number of hydrogen-bond acceptors (Lipinski definition) is 5. The van der Waals surface area contributed by atoms with Crippen LogP contribution >= 0.6 is 27.5 Å². The Bertz CT molecular complexity index is 1160. The van der Waals surface area contributed by atoms with Gasteiger partial charge in [0.1, 0.15) is 0 Å². The fourth-order valence-corrected chi connectivity index (χ4v) is 5.85. The number of ether oxygens (including phenoxy) is 1. The number of halogens is 2. The highest BCUT2D eigenvalue weighted by Crippen LogP contribution is 2.56. The molecule has 0 spiro atoms. The van der Waals surface area contributed by atoms with Gasteiger partial charge in [0.05, 0.1) is 28.1 Å². The lowest BCUT2D eigenvalue weighted by molar-refractivity contribution is -0.123. The van der Waals surface area contributed by atoms with Crippen LogP contribution in [0.5, 0.6) is 0 Å². The van der Waals surface area contributed by atoms with Crippen molar-refractivity contribution >= 4 is 62.6 Å². The fourth-order valence-electron chi connectivity index (χ4n) is 5.42. The molecule has 1 heterocycles. The van der Waals surface area contributed by atoms with E-state index in [0.29, 0.717) is 20.9 Å². The zero-order valence-electron chi connectivity index (χ0n) is 17.4. The van der Waals surface area contributed by atoms with E-state index in [4.69, 9.17) is 16.3 Å². The van der Waals surface area contributed by atoms with Crippen molar-refractivity contribution in [3.8, 4) is 0 Å². The van der Waals surface area contributed by atoms with E-state index in [1.54, 1.807) is 30.3 Å². The molecule has 3 fully saturated rings. The molecule has 33 heavy (non-hydrogen) atoms. The first kappa shape index (κ1) is 22.1. The summed E-state index contributed by atoms with van der Waals surface area (Å²) in [6.45, 7) is -0.494. The van der Waals surface area contributed by atoms with Crippen LogP contribution in [0.15, 0.2) is 46.9 Å². The van der Waals surface area contributed by atoms with Crippen molar-refractivity contribution in [2.75, 3.05) is 16.8 Å². The van der Waals surface area contributed by atoms with Crippen molar-refractivity contribution in [2.45, 2.75) is 19.3 Å². The van der Waals surface area contributed by atoms with Gasteiger partial charge in [-0.25, -0.2) is 4.79 Å². The lowest BCUT2D eigenvalue weighted by Crippen LogP contribution is -2.32. The average Bonchev–Trinajstić information content (AvgIpc) is 3.48. The maximum Gasteiger partial charge on any atom is 0.338 e. The molecule has 170 valence electrons. The predicted molar refractivity (Wildman–Crippen MR) is 125 cm³/mol. The number of carbonyl (C=O) groups is 4. The number of amides is 3. The fraction of sp³-hybridized carbons (Fsp3) is 0.333. The molecule has 1 N–H and O–H groups in total. The van der Waals surface area contributed by atoms with Crippen molar-refractivity contribution in [3.05, 3.63) is 57.5 Å². The van der Waals surface area contributed by atoms with Gasteiger partial charge >= 0.3 is 5.97 Å². The Morgan fingerprint density at radius 1 is 1.06 bits per heavy atom. The summed E-state index contributed by atoms with van der Waals surface area (Å²) < 4.78 is 5.82. The van der Waals surface area contributed by atoms with E-state index in [0.717, 1.165) is 19.3 Å². The zero-order valence-corrected chi connectivity index (χ0v) is 19.8. The van der Waals surface area contributed by atoms with Crippen molar-refractivity contribution in [1.29, 1.82) is 0 Å². The Morgan fingerprint density at radius 2 is 1.76 bits per heavy atom. The van der Waals surface area contributed by atoms with Gasteiger partial charge in [-0.05, 0) is 83.4 Å². The summed E-state index contributed by atoms with van der Waals surface area (Å²) in [7, 11) is 0. The van der Waals surface area contributed by atoms with Crippen LogP contribution in [0.25, 0.3) is 0 Å². The van der Waals surface area contributed by atoms with Crippen LogP contribution in [-0.2, 0) is 19.1 Å². The van der Waals surface area contributed by atoms with E-state index >= 15 is 0 Å². The number of nitrogens with zero attached hydrogens (tertiary/aromatic N) is 1. The standard InChI is InChI=1S/C24H20BrClN2O5/c25-17-7-6-15(10-18(17)26)27-19(29)11-33-24(32)14-2-1-3-16(9-14)28-22(30)20-12-4-5-13(8-12)21(20)23(28)31/h1-3,6-7,9-10,12-13,20-21H,4-5,8,11H2,(H,27,29)/t12-,13-,20-,21+/m0/s1. The number of anilines is 2. The molecule has 5 rings (SSSR count). The Hall–Kier alpha value is -2.71. The van der Waals surface area contributed by atoms with E-state index in [1.165, 1.54) is 17.0 Å². The minimum atomic E-state index is -0.722. The number of hydrogen-bond donors (Lipinski definition) is 1. The van der Waals surface area contributed by atoms with Gasteiger partial charge in [-0.1, -0.05) is 17.7 Å². The summed E-state index contributed by atoms with van der Waals surface area (Å²) in [6, 6.07) is 11.1. The van der Waals surface area contributed by atoms with Crippen molar-refractivity contribution in [1.82, 2.24) is 0 Å². The van der Waals surface area contributed by atoms with E-state index in [1.807, 2.05) is 0 Å².